The van der Waals surface area contributed by atoms with Crippen LogP contribution in [0.25, 0.3) is 0 Å². The summed E-state index contributed by atoms with van der Waals surface area (Å²) < 4.78 is 11.8. The largest absolute Gasteiger partial charge is 0.497 e. The number of carbonyl (C=O) groups is 1. The number of rotatable bonds is 9. The number of aryl methyl sites for hydroxylation is 1. The highest BCUT2D eigenvalue weighted by Gasteiger charge is 2.30. The maximum absolute atomic E-state index is 12.0. The van der Waals surface area contributed by atoms with Gasteiger partial charge in [-0.15, -0.1) is 0 Å². The van der Waals surface area contributed by atoms with Crippen molar-refractivity contribution in [2.24, 2.45) is 5.84 Å². The van der Waals surface area contributed by atoms with Gasteiger partial charge in [0.2, 0.25) is 0 Å². The molecule has 1 heterocycles. The number of ether oxygens (including phenoxy) is 2. The van der Waals surface area contributed by atoms with Gasteiger partial charge < -0.3 is 25.3 Å². The average molecular weight is 533 g/mol. The Balaban J connectivity index is 1.71. The summed E-state index contributed by atoms with van der Waals surface area (Å²) in [4.78, 5) is 14.4. The molecular formula is C31H40N4O4. The molecule has 208 valence electrons. The van der Waals surface area contributed by atoms with Gasteiger partial charge in [0.25, 0.3) is 0 Å². The Morgan fingerprint density at radius 1 is 1.18 bits per heavy atom. The normalized spacial score (nSPS) is 15.5. The number of nitrogens with one attached hydrogen (secondary N) is 2. The zero-order valence-electron chi connectivity index (χ0n) is 23.7. The van der Waals surface area contributed by atoms with Crippen molar-refractivity contribution in [1.82, 2.24) is 4.90 Å². The Labute approximate surface area is 231 Å². The van der Waals surface area contributed by atoms with Crippen LogP contribution in [0.1, 0.15) is 59.6 Å². The summed E-state index contributed by atoms with van der Waals surface area (Å²) in [6.45, 7) is 10.4. The number of nitrogen functional groups attached to an aromatic ring is 1. The minimum Gasteiger partial charge on any atom is -0.497 e. The number of carboxylic acid groups (broad SMARTS) is 1. The molecule has 3 aromatic carbocycles. The van der Waals surface area contributed by atoms with Crippen LogP contribution in [0.4, 0.5) is 11.4 Å². The fraction of sp³-hybridized carbons (Fsp3) is 0.387. The number of nitrogens with zero attached hydrogens (tertiary/aromatic N) is 1. The van der Waals surface area contributed by atoms with Gasteiger partial charge in [0.05, 0.1) is 24.9 Å². The zero-order chi connectivity index (χ0) is 28.3. The van der Waals surface area contributed by atoms with Crippen LogP contribution in [0, 0.1) is 13.8 Å². The second kappa shape index (κ2) is 11.6. The predicted octanol–water partition coefficient (Wildman–Crippen LogP) is 5.42. The topological polar surface area (TPSA) is 109 Å². The van der Waals surface area contributed by atoms with Crippen LogP contribution in [-0.2, 0) is 17.9 Å². The molecule has 0 saturated carbocycles. The molecule has 1 aliphatic heterocycles. The van der Waals surface area contributed by atoms with E-state index in [1.54, 1.807) is 7.11 Å². The van der Waals surface area contributed by atoms with E-state index in [2.05, 4.69) is 48.5 Å². The molecule has 39 heavy (non-hydrogen) atoms. The van der Waals surface area contributed by atoms with E-state index >= 15 is 0 Å². The number of methoxy groups -OCH3 is 1. The minimum absolute atomic E-state index is 0.0238. The van der Waals surface area contributed by atoms with Crippen LogP contribution in [-0.4, -0.2) is 42.3 Å². The standard InChI is InChI=1S/C31H40N4O4/c1-19-7-8-21(26(15-29(36)37)25-10-11-27(33-5)30(34-32)20(25)2)13-22(19)16-35-17-23-14-24(38-6)9-12-28(23)39-31(3,4)18-35/h7-14,26,33-34H,15-18,32H2,1-6H3,(H,36,37)/t26-/m1/s1. The van der Waals surface area contributed by atoms with Gasteiger partial charge in [-0.1, -0.05) is 24.3 Å². The van der Waals surface area contributed by atoms with E-state index in [0.29, 0.717) is 13.1 Å². The molecule has 3 aromatic rings. The number of nitrogens with two attached hydrogens (primary N) is 1. The Morgan fingerprint density at radius 2 is 1.95 bits per heavy atom. The summed E-state index contributed by atoms with van der Waals surface area (Å²) in [5.74, 6) is 6.35. The number of hydrogen-bond donors (Lipinski definition) is 4. The molecule has 0 aromatic heterocycles. The minimum atomic E-state index is -0.849. The number of fused-ring (bicyclic) bond motifs is 1. The fourth-order valence-corrected chi connectivity index (χ4v) is 5.58. The summed E-state index contributed by atoms with van der Waals surface area (Å²) in [6, 6.07) is 16.2. The molecule has 5 N–H and O–H groups in total. The Morgan fingerprint density at radius 3 is 2.62 bits per heavy atom. The van der Waals surface area contributed by atoms with E-state index in [1.807, 2.05) is 50.4 Å². The molecule has 0 radical (unpaired) electrons. The molecule has 0 unspecified atom stereocenters. The molecule has 8 nitrogen and oxygen atoms in total. The Bertz CT molecular complexity index is 1350. The molecule has 0 saturated heterocycles. The third-order valence-electron chi connectivity index (χ3n) is 7.50. The SMILES string of the molecule is CNc1ccc([C@H](CC(=O)O)c2ccc(C)c(CN3Cc4cc(OC)ccc4OC(C)(C)C3)c2)c(C)c1NN. The second-order valence-corrected chi connectivity index (χ2v) is 10.9. The van der Waals surface area contributed by atoms with Crippen molar-refractivity contribution in [1.29, 1.82) is 0 Å². The van der Waals surface area contributed by atoms with Crippen molar-refractivity contribution < 1.29 is 19.4 Å². The molecule has 0 bridgehead atoms. The first-order valence-corrected chi connectivity index (χ1v) is 13.2. The van der Waals surface area contributed by atoms with Gasteiger partial charge in [-0.2, -0.15) is 0 Å². The van der Waals surface area contributed by atoms with Gasteiger partial charge in [0.15, 0.2) is 0 Å². The summed E-state index contributed by atoms with van der Waals surface area (Å²) in [7, 11) is 3.50. The van der Waals surface area contributed by atoms with Gasteiger partial charge in [-0.05, 0) is 79.8 Å². The van der Waals surface area contributed by atoms with Gasteiger partial charge >= 0.3 is 5.97 Å². The summed E-state index contributed by atoms with van der Waals surface area (Å²) in [5.41, 5.74) is 10.3. The molecule has 0 spiro atoms. The van der Waals surface area contributed by atoms with Crippen LogP contribution in [0.5, 0.6) is 11.5 Å². The number of hydrogen-bond acceptors (Lipinski definition) is 7. The van der Waals surface area contributed by atoms with E-state index in [1.165, 1.54) is 0 Å². The number of carboxylic acids is 1. The third-order valence-corrected chi connectivity index (χ3v) is 7.50. The lowest BCUT2D eigenvalue weighted by Crippen LogP contribution is -2.40. The van der Waals surface area contributed by atoms with Gasteiger partial charge in [0.1, 0.15) is 17.1 Å². The number of anilines is 2. The lowest BCUT2D eigenvalue weighted by Gasteiger charge is -2.30. The number of hydrazine groups is 1. The van der Waals surface area contributed by atoms with E-state index in [9.17, 15) is 9.90 Å². The first kappa shape index (κ1) is 28.3. The molecule has 8 heteroatoms. The lowest BCUT2D eigenvalue weighted by molar-refractivity contribution is -0.137. The molecular weight excluding hydrogens is 492 g/mol. The van der Waals surface area contributed by atoms with Crippen molar-refractivity contribution in [3.05, 3.63) is 81.9 Å². The van der Waals surface area contributed by atoms with Gasteiger partial charge in [0, 0.05) is 38.2 Å². The molecule has 0 aliphatic carbocycles. The average Bonchev–Trinajstić information content (AvgIpc) is 3.01. The quantitative estimate of drug-likeness (QED) is 0.214. The smallest absolute Gasteiger partial charge is 0.304 e. The van der Waals surface area contributed by atoms with Gasteiger partial charge in [-0.3, -0.25) is 15.5 Å². The maximum Gasteiger partial charge on any atom is 0.304 e. The number of benzene rings is 3. The fourth-order valence-electron chi connectivity index (χ4n) is 5.58. The van der Waals surface area contributed by atoms with Crippen molar-refractivity contribution in [2.75, 3.05) is 31.4 Å². The molecule has 1 aliphatic rings. The Hall–Kier alpha value is -3.75. The van der Waals surface area contributed by atoms with Crippen LogP contribution >= 0.6 is 0 Å². The van der Waals surface area contributed by atoms with Crippen LogP contribution in [0.15, 0.2) is 48.5 Å². The highest BCUT2D eigenvalue weighted by atomic mass is 16.5. The highest BCUT2D eigenvalue weighted by molar-refractivity contribution is 5.75. The second-order valence-electron chi connectivity index (χ2n) is 10.9. The molecule has 4 rings (SSSR count). The predicted molar refractivity (Wildman–Crippen MR) is 156 cm³/mol. The van der Waals surface area contributed by atoms with E-state index in [-0.39, 0.29) is 17.9 Å². The summed E-state index contributed by atoms with van der Waals surface area (Å²) in [6.07, 6.45) is -0.0238. The van der Waals surface area contributed by atoms with E-state index in [0.717, 1.165) is 62.8 Å². The first-order valence-electron chi connectivity index (χ1n) is 13.2. The number of aliphatic carboxylic acids is 1. The van der Waals surface area contributed by atoms with Crippen LogP contribution in [0.2, 0.25) is 0 Å². The van der Waals surface area contributed by atoms with Crippen molar-refractivity contribution in [2.45, 2.75) is 58.7 Å². The van der Waals surface area contributed by atoms with E-state index < -0.39 is 5.97 Å². The third kappa shape index (κ3) is 6.29. The van der Waals surface area contributed by atoms with Crippen LogP contribution < -0.4 is 26.1 Å². The van der Waals surface area contributed by atoms with Crippen molar-refractivity contribution in [3.63, 3.8) is 0 Å². The highest BCUT2D eigenvalue weighted by Crippen LogP contribution is 2.38. The molecule has 0 amide bonds. The van der Waals surface area contributed by atoms with Crippen molar-refractivity contribution >= 4 is 17.3 Å². The maximum atomic E-state index is 12.0. The van der Waals surface area contributed by atoms with Crippen LogP contribution in [0.3, 0.4) is 0 Å². The first-order chi connectivity index (χ1) is 18.5. The monoisotopic (exact) mass is 532 g/mol. The summed E-state index contributed by atoms with van der Waals surface area (Å²) >= 11 is 0. The van der Waals surface area contributed by atoms with E-state index in [4.69, 9.17) is 15.3 Å². The summed E-state index contributed by atoms with van der Waals surface area (Å²) in [5, 5.41) is 13.0. The molecule has 0 fully saturated rings. The lowest BCUT2D eigenvalue weighted by atomic mass is 9.84. The Kier molecular flexibility index (Phi) is 8.37. The molecule has 1 atom stereocenters. The van der Waals surface area contributed by atoms with Gasteiger partial charge in [-0.25, -0.2) is 0 Å². The van der Waals surface area contributed by atoms with Crippen molar-refractivity contribution in [3.8, 4) is 11.5 Å². The zero-order valence-corrected chi connectivity index (χ0v) is 23.7.